The quantitative estimate of drug-likeness (QED) is 0.874. The van der Waals surface area contributed by atoms with Gasteiger partial charge in [0.05, 0.1) is 0 Å². The summed E-state index contributed by atoms with van der Waals surface area (Å²) in [5, 5.41) is 2.73. The molecule has 0 bridgehead atoms. The minimum Gasteiger partial charge on any atom is -0.330 e. The normalized spacial score (nSPS) is 21.8. The van der Waals surface area contributed by atoms with Gasteiger partial charge < -0.3 is 15.6 Å². The van der Waals surface area contributed by atoms with E-state index in [0.29, 0.717) is 12.2 Å². The Morgan fingerprint density at radius 2 is 2.26 bits per heavy atom. The van der Waals surface area contributed by atoms with Crippen molar-refractivity contribution in [3.05, 3.63) is 28.7 Å². The van der Waals surface area contributed by atoms with Crippen LogP contribution < -0.4 is 16.6 Å². The Hall–Kier alpha value is -1.33. The molecule has 1 aromatic heterocycles. The Balaban J connectivity index is 0.00000180. The number of carbonyl (C=O) groups excluding carboxylic acids is 1. The van der Waals surface area contributed by atoms with Crippen LogP contribution >= 0.6 is 12.4 Å². The van der Waals surface area contributed by atoms with Gasteiger partial charge in [-0.2, -0.15) is 0 Å². The van der Waals surface area contributed by atoms with E-state index >= 15 is 0 Å². The summed E-state index contributed by atoms with van der Waals surface area (Å²) in [5.41, 5.74) is 5.82. The summed E-state index contributed by atoms with van der Waals surface area (Å²) >= 11 is 0. The van der Waals surface area contributed by atoms with Crippen molar-refractivity contribution in [2.24, 2.45) is 24.6 Å². The van der Waals surface area contributed by atoms with Crippen LogP contribution in [-0.2, 0) is 11.8 Å². The molecule has 2 rings (SSSR count). The van der Waals surface area contributed by atoms with Gasteiger partial charge in [0.25, 0.3) is 5.56 Å². The maximum Gasteiger partial charge on any atom is 0.274 e. The molecule has 0 aliphatic heterocycles. The average molecular weight is 286 g/mol. The number of aromatic nitrogens is 1. The minimum absolute atomic E-state index is 0. The molecule has 0 saturated heterocycles. The van der Waals surface area contributed by atoms with Crippen LogP contribution in [-0.4, -0.2) is 17.0 Å². The molecular weight excluding hydrogens is 266 g/mol. The van der Waals surface area contributed by atoms with E-state index in [1.807, 2.05) is 0 Å². The van der Waals surface area contributed by atoms with Crippen LogP contribution in [0.15, 0.2) is 23.1 Å². The first-order valence-electron chi connectivity index (χ1n) is 6.30. The van der Waals surface area contributed by atoms with Crippen molar-refractivity contribution >= 4 is 24.0 Å². The van der Waals surface area contributed by atoms with E-state index in [0.717, 1.165) is 19.3 Å². The van der Waals surface area contributed by atoms with E-state index in [-0.39, 0.29) is 35.7 Å². The molecule has 1 aliphatic carbocycles. The van der Waals surface area contributed by atoms with Crippen LogP contribution in [0.4, 0.5) is 5.69 Å². The van der Waals surface area contributed by atoms with Crippen molar-refractivity contribution in [1.82, 2.24) is 4.57 Å². The molecule has 3 N–H and O–H groups in total. The first-order chi connectivity index (χ1) is 8.63. The Labute approximate surface area is 118 Å². The summed E-state index contributed by atoms with van der Waals surface area (Å²) in [7, 11) is 1.66. The zero-order chi connectivity index (χ0) is 13.1. The summed E-state index contributed by atoms with van der Waals surface area (Å²) in [6.07, 6.45) is 4.56. The summed E-state index contributed by atoms with van der Waals surface area (Å²) < 4.78 is 1.45. The second-order valence-corrected chi connectivity index (χ2v) is 4.86. The van der Waals surface area contributed by atoms with Gasteiger partial charge in [0, 0.05) is 19.2 Å². The first-order valence-corrected chi connectivity index (χ1v) is 6.30. The van der Waals surface area contributed by atoms with Gasteiger partial charge in [-0.1, -0.05) is 6.42 Å². The Bertz CT molecular complexity index is 501. The number of anilines is 1. The molecule has 1 aliphatic rings. The number of pyridine rings is 1. The van der Waals surface area contributed by atoms with Crippen LogP contribution in [0.3, 0.4) is 0 Å². The topological polar surface area (TPSA) is 77.1 Å². The summed E-state index contributed by atoms with van der Waals surface area (Å²) in [6.45, 7) is 0.533. The Morgan fingerprint density at radius 1 is 1.53 bits per heavy atom. The third kappa shape index (κ3) is 3.36. The fraction of sp³-hybridized carbons (Fsp3) is 0.538. The smallest absolute Gasteiger partial charge is 0.274 e. The number of nitrogens with two attached hydrogens (primary N) is 1. The largest absolute Gasteiger partial charge is 0.330 e. The van der Waals surface area contributed by atoms with Crippen molar-refractivity contribution in [2.45, 2.75) is 19.3 Å². The number of amides is 1. The molecule has 106 valence electrons. The molecule has 1 heterocycles. The van der Waals surface area contributed by atoms with Crippen molar-refractivity contribution < 1.29 is 4.79 Å². The summed E-state index contributed by atoms with van der Waals surface area (Å²) in [6, 6.07) is 3.37. The third-order valence-electron chi connectivity index (χ3n) is 3.68. The number of aryl methyl sites for hydroxylation is 1. The lowest BCUT2D eigenvalue weighted by atomic mass is 9.95. The van der Waals surface area contributed by atoms with E-state index < -0.39 is 0 Å². The minimum atomic E-state index is -0.187. The van der Waals surface area contributed by atoms with E-state index in [9.17, 15) is 9.59 Å². The second kappa shape index (κ2) is 6.73. The number of nitrogens with one attached hydrogen (secondary N) is 1. The van der Waals surface area contributed by atoms with Gasteiger partial charge in [-0.15, -0.1) is 12.4 Å². The lowest BCUT2D eigenvalue weighted by molar-refractivity contribution is -0.120. The van der Waals surface area contributed by atoms with E-state index in [4.69, 9.17) is 5.73 Å². The number of hydrogen-bond donors (Lipinski definition) is 2. The molecule has 0 unspecified atom stereocenters. The van der Waals surface area contributed by atoms with Crippen LogP contribution in [0.1, 0.15) is 19.3 Å². The van der Waals surface area contributed by atoms with Crippen molar-refractivity contribution in [3.63, 3.8) is 0 Å². The maximum absolute atomic E-state index is 12.1. The number of halogens is 1. The molecule has 0 radical (unpaired) electrons. The highest BCUT2D eigenvalue weighted by Crippen LogP contribution is 2.31. The van der Waals surface area contributed by atoms with Crippen LogP contribution in [0.2, 0.25) is 0 Å². The molecule has 5 nitrogen and oxygen atoms in total. The van der Waals surface area contributed by atoms with E-state index in [2.05, 4.69) is 5.32 Å². The van der Waals surface area contributed by atoms with Gasteiger partial charge in [-0.05, 0) is 37.4 Å². The fourth-order valence-corrected chi connectivity index (χ4v) is 2.58. The number of rotatable bonds is 3. The molecule has 0 spiro atoms. The molecule has 6 heteroatoms. The Kier molecular flexibility index (Phi) is 5.57. The standard InChI is InChI=1S/C13H19N3O2.ClH/c1-16-7-3-6-11(13(16)18)15-12(17)10-5-2-4-9(10)8-14;/h3,6-7,9-10H,2,4-5,8,14H2,1H3,(H,15,17);1H/t9-,10-;/m1./s1. The molecule has 1 amide bonds. The number of carbonyl (C=O) groups is 1. The number of nitrogens with zero attached hydrogens (tertiary/aromatic N) is 1. The predicted octanol–water partition coefficient (Wildman–Crippen LogP) is 1.12. The van der Waals surface area contributed by atoms with Crippen LogP contribution in [0, 0.1) is 11.8 Å². The molecule has 2 atom stereocenters. The molecule has 19 heavy (non-hydrogen) atoms. The highest BCUT2D eigenvalue weighted by molar-refractivity contribution is 5.92. The molecule has 0 aromatic carbocycles. The second-order valence-electron chi connectivity index (χ2n) is 4.86. The molecule has 1 aromatic rings. The molecule has 1 fully saturated rings. The highest BCUT2D eigenvalue weighted by atomic mass is 35.5. The van der Waals surface area contributed by atoms with Crippen molar-refractivity contribution in [1.29, 1.82) is 0 Å². The SMILES string of the molecule is Cl.Cn1cccc(NC(=O)[C@@H]2CCC[C@@H]2CN)c1=O. The summed E-state index contributed by atoms with van der Waals surface area (Å²) in [4.78, 5) is 23.9. The van der Waals surface area contributed by atoms with Gasteiger partial charge in [-0.25, -0.2) is 0 Å². The maximum atomic E-state index is 12.1. The Morgan fingerprint density at radius 3 is 2.95 bits per heavy atom. The van der Waals surface area contributed by atoms with Gasteiger partial charge >= 0.3 is 0 Å². The van der Waals surface area contributed by atoms with Crippen molar-refractivity contribution in [2.75, 3.05) is 11.9 Å². The van der Waals surface area contributed by atoms with Gasteiger partial charge in [0.2, 0.25) is 5.91 Å². The average Bonchev–Trinajstić information content (AvgIpc) is 2.83. The zero-order valence-electron chi connectivity index (χ0n) is 11.0. The van der Waals surface area contributed by atoms with Crippen LogP contribution in [0.25, 0.3) is 0 Å². The summed E-state index contributed by atoms with van der Waals surface area (Å²) in [5.74, 6) is 0.115. The van der Waals surface area contributed by atoms with E-state index in [1.54, 1.807) is 25.4 Å². The molecular formula is C13H20ClN3O2. The van der Waals surface area contributed by atoms with Crippen molar-refractivity contribution in [3.8, 4) is 0 Å². The van der Waals surface area contributed by atoms with E-state index in [1.165, 1.54) is 4.57 Å². The van der Waals surface area contributed by atoms with Gasteiger partial charge in [0.1, 0.15) is 5.69 Å². The zero-order valence-corrected chi connectivity index (χ0v) is 11.8. The first kappa shape index (κ1) is 15.7. The van der Waals surface area contributed by atoms with Gasteiger partial charge in [-0.3, -0.25) is 9.59 Å². The monoisotopic (exact) mass is 285 g/mol. The predicted molar refractivity (Wildman–Crippen MR) is 77.4 cm³/mol. The fourth-order valence-electron chi connectivity index (χ4n) is 2.58. The van der Waals surface area contributed by atoms with Gasteiger partial charge in [0.15, 0.2) is 0 Å². The lowest BCUT2D eigenvalue weighted by Gasteiger charge is -2.17. The lowest BCUT2D eigenvalue weighted by Crippen LogP contribution is -2.32. The third-order valence-corrected chi connectivity index (χ3v) is 3.68. The van der Waals surface area contributed by atoms with Crippen LogP contribution in [0.5, 0.6) is 0 Å². The highest BCUT2D eigenvalue weighted by Gasteiger charge is 2.32. The molecule has 1 saturated carbocycles. The number of hydrogen-bond acceptors (Lipinski definition) is 3.